The Kier molecular flexibility index (Phi) is 76.9. The summed E-state index contributed by atoms with van der Waals surface area (Å²) in [6.07, 6.45) is 98.5. The molecule has 5 atom stereocenters. The van der Waals surface area contributed by atoms with Crippen LogP contribution in [-0.2, 0) is 65.4 Å². The highest BCUT2D eigenvalue weighted by atomic mass is 31.2. The van der Waals surface area contributed by atoms with Gasteiger partial charge in [0.1, 0.15) is 19.3 Å². The van der Waals surface area contributed by atoms with Crippen LogP contribution in [0.25, 0.3) is 0 Å². The van der Waals surface area contributed by atoms with Crippen molar-refractivity contribution in [2.24, 2.45) is 0 Å². The summed E-state index contributed by atoms with van der Waals surface area (Å²) in [5, 5.41) is 10.7. The van der Waals surface area contributed by atoms with Crippen LogP contribution in [0.1, 0.15) is 310 Å². The minimum atomic E-state index is -5.00. The van der Waals surface area contributed by atoms with Crippen molar-refractivity contribution in [3.05, 3.63) is 182 Å². The van der Waals surface area contributed by atoms with Crippen LogP contribution in [-0.4, -0.2) is 96.7 Å². The molecule has 3 N–H and O–H groups in total. The molecule has 0 amide bonds. The topological polar surface area (TPSA) is 237 Å². The summed E-state index contributed by atoms with van der Waals surface area (Å²) < 4.78 is 68.8. The van der Waals surface area contributed by atoms with E-state index in [0.29, 0.717) is 25.7 Å². The molecule has 0 aliphatic rings. The molecule has 17 nitrogen and oxygen atoms in total. The molecule has 0 aliphatic heterocycles. The number of esters is 4. The van der Waals surface area contributed by atoms with Gasteiger partial charge in [0.15, 0.2) is 12.2 Å². The van der Waals surface area contributed by atoms with Gasteiger partial charge in [-0.15, -0.1) is 0 Å². The van der Waals surface area contributed by atoms with Crippen molar-refractivity contribution in [3.63, 3.8) is 0 Å². The molecule has 0 aromatic rings. The first-order chi connectivity index (χ1) is 53.7. The Hall–Kier alpha value is -5.84. The number of phosphoric ester groups is 2. The van der Waals surface area contributed by atoms with Crippen LogP contribution in [0.5, 0.6) is 0 Å². The maximum Gasteiger partial charge on any atom is 0.472 e. The van der Waals surface area contributed by atoms with Gasteiger partial charge in [-0.25, -0.2) is 9.13 Å². The van der Waals surface area contributed by atoms with Crippen LogP contribution >= 0.6 is 15.6 Å². The maximum absolute atomic E-state index is 13.1. The summed E-state index contributed by atoms with van der Waals surface area (Å²) >= 11 is 0. The number of allylic oxidation sites excluding steroid dienone is 30. The molecule has 0 radical (unpaired) electrons. The fraction of sp³-hybridized carbons (Fsp3) is 0.626. The van der Waals surface area contributed by atoms with Crippen LogP contribution in [0.2, 0.25) is 0 Å². The standard InChI is InChI=1S/C91H148O17P2/c1-5-9-13-17-21-25-29-33-37-40-42-45-49-52-56-60-64-68-72-76-89(94)102-82-87(108-91(96)78-74-70-66-62-58-54-50-46-43-41-38-34-30-26-22-18-14-10-6-2)84-106-110(99,100)104-80-85(92)79-103-109(97,98)105-83-86(107-90(95)77-73-69-65-61-57-53-47-36-32-28-24-20-16-12-8-4)81-101-88(93)75-71-67-63-59-55-51-48-44-39-35-31-27-23-19-15-11-7-3/h9-16,21-28,33-39,42-43,45-48,51,85-87,92H,5-8,17-20,29-32,40-41,44,49-50,52-84H2,1-4H3,(H,97,98)(H,99,100)/b13-9-,14-10-,15-11-,16-12-,25-21-,26-22-,27-23-,28-24-,37-33-,38-34-,39-35-,45-42-,46-43-,47-36-,51-48-. The largest absolute Gasteiger partial charge is 0.472 e. The molecule has 0 bridgehead atoms. The predicted octanol–water partition coefficient (Wildman–Crippen LogP) is 25.1. The molecular weight excluding hydrogens is 1430 g/mol. The Bertz CT molecular complexity index is 2800. The molecule has 19 heteroatoms. The second-order valence-corrected chi connectivity index (χ2v) is 30.1. The van der Waals surface area contributed by atoms with E-state index in [1.807, 2.05) is 0 Å². The van der Waals surface area contributed by atoms with Gasteiger partial charge in [0.2, 0.25) is 0 Å². The number of aliphatic hydroxyl groups excluding tert-OH is 1. The molecule has 0 saturated heterocycles. The quantitative estimate of drug-likeness (QED) is 0.0169. The van der Waals surface area contributed by atoms with E-state index < -0.39 is 97.5 Å². The Morgan fingerprint density at radius 1 is 0.255 bits per heavy atom. The zero-order chi connectivity index (χ0) is 80.3. The highest BCUT2D eigenvalue weighted by Crippen LogP contribution is 2.45. The summed E-state index contributed by atoms with van der Waals surface area (Å²) in [7, 11) is -10.0. The van der Waals surface area contributed by atoms with Crippen molar-refractivity contribution >= 4 is 39.5 Å². The smallest absolute Gasteiger partial charge is 0.462 e. The van der Waals surface area contributed by atoms with Crippen molar-refractivity contribution in [2.75, 3.05) is 39.6 Å². The number of phosphoric acid groups is 2. The first-order valence-corrected chi connectivity index (χ1v) is 45.0. The molecule has 0 aromatic heterocycles. The van der Waals surface area contributed by atoms with Crippen LogP contribution in [0.4, 0.5) is 0 Å². The van der Waals surface area contributed by atoms with Gasteiger partial charge in [0.05, 0.1) is 26.4 Å². The minimum absolute atomic E-state index is 0.0632. The lowest BCUT2D eigenvalue weighted by Gasteiger charge is -2.21. The normalized spacial score (nSPS) is 14.7. The molecule has 110 heavy (non-hydrogen) atoms. The molecule has 0 saturated carbocycles. The van der Waals surface area contributed by atoms with Gasteiger partial charge in [0.25, 0.3) is 0 Å². The third-order valence-electron chi connectivity index (χ3n) is 16.9. The second kappa shape index (κ2) is 81.2. The average Bonchev–Trinajstić information content (AvgIpc) is 0.900. The van der Waals surface area contributed by atoms with Crippen molar-refractivity contribution in [1.29, 1.82) is 0 Å². The fourth-order valence-corrected chi connectivity index (χ4v) is 12.2. The summed E-state index contributed by atoms with van der Waals surface area (Å²) in [4.78, 5) is 73.3. The van der Waals surface area contributed by atoms with Crippen LogP contribution in [0.15, 0.2) is 182 Å². The third kappa shape index (κ3) is 80.2. The molecule has 0 aliphatic carbocycles. The highest BCUT2D eigenvalue weighted by Gasteiger charge is 2.30. The molecule has 0 fully saturated rings. The number of carbonyl (C=O) groups is 4. The van der Waals surface area contributed by atoms with E-state index in [1.54, 1.807) is 0 Å². The number of ether oxygens (including phenoxy) is 4. The minimum Gasteiger partial charge on any atom is -0.462 e. The van der Waals surface area contributed by atoms with E-state index in [-0.39, 0.29) is 25.7 Å². The van der Waals surface area contributed by atoms with Crippen molar-refractivity contribution in [3.8, 4) is 0 Å². The number of aliphatic hydroxyl groups is 1. The van der Waals surface area contributed by atoms with Crippen LogP contribution < -0.4 is 0 Å². The molecule has 0 spiro atoms. The van der Waals surface area contributed by atoms with Gasteiger partial charge in [0, 0.05) is 25.7 Å². The lowest BCUT2D eigenvalue weighted by atomic mass is 10.1. The zero-order valence-corrected chi connectivity index (χ0v) is 70.1. The first kappa shape index (κ1) is 104. The summed E-state index contributed by atoms with van der Waals surface area (Å²) in [6.45, 7) is 4.35. The number of hydrogen-bond acceptors (Lipinski definition) is 15. The van der Waals surface area contributed by atoms with Gasteiger partial charge in [-0.05, 0) is 173 Å². The second-order valence-electron chi connectivity index (χ2n) is 27.2. The fourth-order valence-electron chi connectivity index (χ4n) is 10.6. The van der Waals surface area contributed by atoms with Crippen LogP contribution in [0.3, 0.4) is 0 Å². The van der Waals surface area contributed by atoms with E-state index in [4.69, 9.17) is 37.0 Å². The third-order valence-corrected chi connectivity index (χ3v) is 18.8. The van der Waals surface area contributed by atoms with E-state index in [1.165, 1.54) is 0 Å². The van der Waals surface area contributed by atoms with E-state index in [0.717, 1.165) is 231 Å². The van der Waals surface area contributed by atoms with Crippen LogP contribution in [0, 0.1) is 0 Å². The number of rotatable bonds is 77. The first-order valence-electron chi connectivity index (χ1n) is 42.0. The molecule has 624 valence electrons. The van der Waals surface area contributed by atoms with Crippen molar-refractivity contribution in [1.82, 2.24) is 0 Å². The predicted molar refractivity (Wildman–Crippen MR) is 454 cm³/mol. The Morgan fingerprint density at radius 2 is 0.445 bits per heavy atom. The Labute approximate surface area is 666 Å². The number of carbonyl (C=O) groups excluding carboxylic acids is 4. The number of hydrogen-bond donors (Lipinski definition) is 3. The monoisotopic (exact) mass is 1580 g/mol. The summed E-state index contributed by atoms with van der Waals surface area (Å²) in [5.74, 6) is -2.26. The average molecular weight is 1580 g/mol. The van der Waals surface area contributed by atoms with E-state index in [2.05, 4.69) is 210 Å². The molecular formula is C91H148O17P2. The van der Waals surface area contributed by atoms with Gasteiger partial charge >= 0.3 is 39.5 Å². The van der Waals surface area contributed by atoms with E-state index >= 15 is 0 Å². The highest BCUT2D eigenvalue weighted by molar-refractivity contribution is 7.47. The van der Waals surface area contributed by atoms with Gasteiger partial charge in [-0.1, -0.05) is 293 Å². The van der Waals surface area contributed by atoms with E-state index in [9.17, 15) is 43.2 Å². The molecule has 0 aromatic carbocycles. The lowest BCUT2D eigenvalue weighted by Crippen LogP contribution is -2.30. The molecule has 0 heterocycles. The number of unbranched alkanes of at least 4 members (excludes halogenated alkanes) is 21. The van der Waals surface area contributed by atoms with Crippen molar-refractivity contribution in [2.45, 2.75) is 329 Å². The van der Waals surface area contributed by atoms with Crippen molar-refractivity contribution < 1.29 is 80.2 Å². The lowest BCUT2D eigenvalue weighted by molar-refractivity contribution is -0.161. The zero-order valence-electron chi connectivity index (χ0n) is 68.4. The van der Waals surface area contributed by atoms with Gasteiger partial charge in [-0.2, -0.15) is 0 Å². The van der Waals surface area contributed by atoms with Gasteiger partial charge in [-0.3, -0.25) is 37.3 Å². The maximum atomic E-state index is 13.1. The Balaban J connectivity index is 5.46. The summed E-state index contributed by atoms with van der Waals surface area (Å²) in [5.41, 5.74) is 0. The Morgan fingerprint density at radius 3 is 0.682 bits per heavy atom. The SMILES string of the molecule is CC/C=C\C/C=C\C/C=C\C/C=C\CCCCCCCCC(=O)OCC(COP(=O)(O)OCC(O)COP(=O)(O)OCC(COC(=O)CCCCCC/C=C\C/C=C\C/C=C\C/C=C\CC)OC(=O)CCCCCCC/C=C\C/C=C\C/C=C\CC)OC(=O)CCCCCCCC/C=C\C/C=C\C/C=C\C/C=C\CC. The molecule has 5 unspecified atom stereocenters. The molecule has 0 rings (SSSR count). The summed E-state index contributed by atoms with van der Waals surface area (Å²) in [6, 6.07) is 0. The van der Waals surface area contributed by atoms with Gasteiger partial charge < -0.3 is 33.8 Å².